The molecule has 0 spiro atoms. The number of hydrogen-bond donors (Lipinski definition) is 1. The first kappa shape index (κ1) is 19.5. The fraction of sp³-hybridized carbons (Fsp3) is 0.200. The minimum absolute atomic E-state index is 0.138. The fourth-order valence-electron chi connectivity index (χ4n) is 2.60. The molecule has 8 heteroatoms. The highest BCUT2D eigenvalue weighted by atomic mass is 32.1. The molecular weight excluding hydrogens is 378 g/mol. The first-order valence-corrected chi connectivity index (χ1v) is 9.50. The summed E-state index contributed by atoms with van der Waals surface area (Å²) in [7, 11) is 0. The van der Waals surface area contributed by atoms with Crippen LogP contribution in [-0.2, 0) is 6.42 Å². The van der Waals surface area contributed by atoms with Crippen LogP contribution in [0.4, 0.5) is 10.8 Å². The summed E-state index contributed by atoms with van der Waals surface area (Å²) >= 11 is 1.38. The van der Waals surface area contributed by atoms with Crippen LogP contribution in [0, 0.1) is 17.0 Å². The molecule has 2 aromatic carbocycles. The molecule has 0 atom stereocenters. The van der Waals surface area contributed by atoms with Crippen LogP contribution >= 0.6 is 11.3 Å². The van der Waals surface area contributed by atoms with Gasteiger partial charge in [0.05, 0.1) is 11.5 Å². The number of rotatable bonds is 7. The highest BCUT2D eigenvalue weighted by molar-refractivity contribution is 7.15. The van der Waals surface area contributed by atoms with Crippen LogP contribution in [0.5, 0.6) is 5.75 Å². The van der Waals surface area contributed by atoms with Crippen molar-refractivity contribution in [1.29, 1.82) is 0 Å². The Kier molecular flexibility index (Phi) is 6.00. The lowest BCUT2D eigenvalue weighted by molar-refractivity contribution is -0.385. The molecule has 3 rings (SSSR count). The minimum atomic E-state index is -0.565. The van der Waals surface area contributed by atoms with Crippen molar-refractivity contribution < 1.29 is 14.5 Å². The molecule has 0 saturated carbocycles. The van der Waals surface area contributed by atoms with Gasteiger partial charge in [0.1, 0.15) is 0 Å². The zero-order valence-electron chi connectivity index (χ0n) is 15.5. The van der Waals surface area contributed by atoms with E-state index in [9.17, 15) is 14.9 Å². The number of hydrogen-bond acceptors (Lipinski definition) is 6. The van der Waals surface area contributed by atoms with E-state index in [1.165, 1.54) is 35.1 Å². The molecule has 0 bridgehead atoms. The summed E-state index contributed by atoms with van der Waals surface area (Å²) in [5, 5.41) is 14.4. The quantitative estimate of drug-likeness (QED) is 0.464. The summed E-state index contributed by atoms with van der Waals surface area (Å²) in [5.41, 5.74) is 2.29. The van der Waals surface area contributed by atoms with Crippen molar-refractivity contribution in [2.24, 2.45) is 0 Å². The Morgan fingerprint density at radius 3 is 2.68 bits per heavy atom. The number of benzene rings is 2. The van der Waals surface area contributed by atoms with E-state index in [-0.39, 0.29) is 17.0 Å². The van der Waals surface area contributed by atoms with Crippen molar-refractivity contribution in [3.05, 3.63) is 80.3 Å². The van der Waals surface area contributed by atoms with Gasteiger partial charge in [0.25, 0.3) is 5.91 Å². The van der Waals surface area contributed by atoms with Crippen LogP contribution < -0.4 is 10.1 Å². The average molecular weight is 397 g/mol. The third kappa shape index (κ3) is 4.72. The molecule has 0 saturated heterocycles. The predicted molar refractivity (Wildman–Crippen MR) is 108 cm³/mol. The molecule has 3 aromatic rings. The number of ether oxygens (including phenoxy) is 1. The Hall–Kier alpha value is -3.26. The second kappa shape index (κ2) is 8.62. The number of amides is 1. The highest BCUT2D eigenvalue weighted by Crippen LogP contribution is 2.29. The third-order valence-corrected chi connectivity index (χ3v) is 4.90. The van der Waals surface area contributed by atoms with E-state index in [0.29, 0.717) is 11.7 Å². The Balaban J connectivity index is 1.71. The van der Waals surface area contributed by atoms with Crippen LogP contribution in [0.3, 0.4) is 0 Å². The monoisotopic (exact) mass is 397 g/mol. The van der Waals surface area contributed by atoms with E-state index in [1.807, 2.05) is 6.92 Å². The molecule has 0 radical (unpaired) electrons. The number of thiazole rings is 1. The highest BCUT2D eigenvalue weighted by Gasteiger charge is 2.19. The molecule has 1 heterocycles. The molecule has 144 valence electrons. The van der Waals surface area contributed by atoms with Gasteiger partial charge in [-0.15, -0.1) is 11.3 Å². The lowest BCUT2D eigenvalue weighted by Gasteiger charge is -2.06. The zero-order valence-corrected chi connectivity index (χ0v) is 16.3. The Morgan fingerprint density at radius 1 is 1.25 bits per heavy atom. The van der Waals surface area contributed by atoms with Gasteiger partial charge in [0.15, 0.2) is 10.9 Å². The van der Waals surface area contributed by atoms with Crippen LogP contribution in [0.2, 0.25) is 0 Å². The number of aromatic nitrogens is 1. The van der Waals surface area contributed by atoms with Gasteiger partial charge in [-0.1, -0.05) is 29.8 Å². The largest absolute Gasteiger partial charge is 0.487 e. The molecular formula is C20H19N3O4S. The van der Waals surface area contributed by atoms with Gasteiger partial charge in [-0.05, 0) is 31.5 Å². The van der Waals surface area contributed by atoms with Crippen LogP contribution in [0.25, 0.3) is 0 Å². The Labute approximate surface area is 166 Å². The van der Waals surface area contributed by atoms with E-state index in [2.05, 4.69) is 34.6 Å². The van der Waals surface area contributed by atoms with Gasteiger partial charge in [-0.3, -0.25) is 20.2 Å². The maximum atomic E-state index is 12.5. The van der Waals surface area contributed by atoms with Crippen LogP contribution in [0.15, 0.2) is 48.7 Å². The standard InChI is InChI=1S/C20H19N3O4S/c1-3-27-18-9-8-15(11-17(18)23(25)26)19(24)22-20-21-12-16(28-20)10-14-6-4-13(2)5-7-14/h4-9,11-12H,3,10H2,1-2H3,(H,21,22,24). The number of nitro benzene ring substituents is 1. The number of carbonyl (C=O) groups is 1. The smallest absolute Gasteiger partial charge is 0.311 e. The van der Waals surface area contributed by atoms with Crippen molar-refractivity contribution in [2.75, 3.05) is 11.9 Å². The second-order valence-corrected chi connectivity index (χ2v) is 7.24. The number of nitro groups is 1. The van der Waals surface area contributed by atoms with Gasteiger partial charge >= 0.3 is 5.69 Å². The summed E-state index contributed by atoms with van der Waals surface area (Å²) in [4.78, 5) is 28.3. The summed E-state index contributed by atoms with van der Waals surface area (Å²) in [5.74, 6) is -0.318. The Bertz CT molecular complexity index is 999. The molecule has 1 aromatic heterocycles. The van der Waals surface area contributed by atoms with Crippen molar-refractivity contribution in [2.45, 2.75) is 20.3 Å². The van der Waals surface area contributed by atoms with Crippen LogP contribution in [0.1, 0.15) is 33.3 Å². The van der Waals surface area contributed by atoms with E-state index in [1.54, 1.807) is 13.1 Å². The van der Waals surface area contributed by atoms with Crippen LogP contribution in [-0.4, -0.2) is 22.4 Å². The van der Waals surface area contributed by atoms with E-state index in [4.69, 9.17) is 4.74 Å². The molecule has 0 fully saturated rings. The van der Waals surface area contributed by atoms with Crippen molar-refractivity contribution in [1.82, 2.24) is 4.98 Å². The van der Waals surface area contributed by atoms with E-state index < -0.39 is 10.8 Å². The Morgan fingerprint density at radius 2 is 2.00 bits per heavy atom. The van der Waals surface area contributed by atoms with Gasteiger partial charge in [-0.2, -0.15) is 0 Å². The van der Waals surface area contributed by atoms with Crippen molar-refractivity contribution in [3.63, 3.8) is 0 Å². The summed E-state index contributed by atoms with van der Waals surface area (Å²) in [6.07, 6.45) is 2.45. The van der Waals surface area contributed by atoms with Gasteiger partial charge < -0.3 is 4.74 Å². The van der Waals surface area contributed by atoms with Gasteiger partial charge in [-0.25, -0.2) is 4.98 Å². The minimum Gasteiger partial charge on any atom is -0.487 e. The van der Waals surface area contributed by atoms with E-state index in [0.717, 1.165) is 16.9 Å². The summed E-state index contributed by atoms with van der Waals surface area (Å²) in [6, 6.07) is 12.4. The molecule has 0 aliphatic rings. The molecule has 0 unspecified atom stereocenters. The molecule has 1 amide bonds. The topological polar surface area (TPSA) is 94.4 Å². The fourth-order valence-corrected chi connectivity index (χ4v) is 3.44. The maximum absolute atomic E-state index is 12.5. The number of nitrogens with zero attached hydrogens (tertiary/aromatic N) is 2. The number of nitrogens with one attached hydrogen (secondary N) is 1. The number of anilines is 1. The summed E-state index contributed by atoms with van der Waals surface area (Å²) < 4.78 is 5.23. The lowest BCUT2D eigenvalue weighted by Crippen LogP contribution is -2.12. The number of aryl methyl sites for hydroxylation is 1. The first-order chi connectivity index (χ1) is 13.5. The molecule has 1 N–H and O–H groups in total. The third-order valence-electron chi connectivity index (χ3n) is 3.99. The SMILES string of the molecule is CCOc1ccc(C(=O)Nc2ncc(Cc3ccc(C)cc3)s2)cc1[N+](=O)[O-]. The van der Waals surface area contributed by atoms with Gasteiger partial charge in [0, 0.05) is 29.1 Å². The second-order valence-electron chi connectivity index (χ2n) is 6.12. The summed E-state index contributed by atoms with van der Waals surface area (Å²) in [6.45, 7) is 4.08. The molecule has 7 nitrogen and oxygen atoms in total. The van der Waals surface area contributed by atoms with Crippen molar-refractivity contribution >= 4 is 28.1 Å². The zero-order chi connectivity index (χ0) is 20.1. The normalized spacial score (nSPS) is 10.5. The average Bonchev–Trinajstić information content (AvgIpc) is 3.10. The number of carbonyl (C=O) groups excluding carboxylic acids is 1. The molecule has 28 heavy (non-hydrogen) atoms. The van der Waals surface area contributed by atoms with Gasteiger partial charge in [0.2, 0.25) is 0 Å². The first-order valence-electron chi connectivity index (χ1n) is 8.69. The van der Waals surface area contributed by atoms with Crippen molar-refractivity contribution in [3.8, 4) is 5.75 Å². The predicted octanol–water partition coefficient (Wildman–Crippen LogP) is 4.60. The molecule has 0 aliphatic carbocycles. The lowest BCUT2D eigenvalue weighted by atomic mass is 10.1. The maximum Gasteiger partial charge on any atom is 0.311 e. The van der Waals surface area contributed by atoms with E-state index >= 15 is 0 Å². The molecule has 0 aliphatic heterocycles.